The molecule has 3 heterocycles. The second kappa shape index (κ2) is 9.76. The van der Waals surface area contributed by atoms with E-state index in [0.717, 1.165) is 40.9 Å². The fourth-order valence-corrected chi connectivity index (χ4v) is 5.27. The molecule has 158 valence electrons. The Kier molecular flexibility index (Phi) is 6.86. The van der Waals surface area contributed by atoms with E-state index in [1.165, 1.54) is 11.8 Å². The summed E-state index contributed by atoms with van der Waals surface area (Å²) in [6, 6.07) is 14.1. The van der Waals surface area contributed by atoms with E-state index in [1.54, 1.807) is 16.2 Å². The van der Waals surface area contributed by atoms with Gasteiger partial charge in [-0.3, -0.25) is 9.36 Å². The van der Waals surface area contributed by atoms with Crippen LogP contribution in [0.5, 0.6) is 0 Å². The largest absolute Gasteiger partial charge is 0.376 e. The van der Waals surface area contributed by atoms with E-state index in [9.17, 15) is 4.79 Å². The molecule has 4 rings (SSSR count). The third-order valence-electron chi connectivity index (χ3n) is 5.14. The molecule has 1 saturated heterocycles. The van der Waals surface area contributed by atoms with Crippen LogP contribution in [0, 0.1) is 0 Å². The highest BCUT2D eigenvalue weighted by molar-refractivity contribution is 8.00. The molecule has 1 fully saturated rings. The minimum atomic E-state index is -0.262. The van der Waals surface area contributed by atoms with Crippen LogP contribution in [0.1, 0.15) is 25.3 Å². The summed E-state index contributed by atoms with van der Waals surface area (Å²) in [5.41, 5.74) is 1.12. The van der Waals surface area contributed by atoms with Crippen molar-refractivity contribution in [2.75, 3.05) is 13.7 Å². The van der Waals surface area contributed by atoms with E-state index in [1.807, 2.05) is 55.7 Å². The first-order valence-corrected chi connectivity index (χ1v) is 11.9. The van der Waals surface area contributed by atoms with Crippen LogP contribution < -0.4 is 0 Å². The topological polar surface area (TPSA) is 60.2 Å². The molecule has 1 aromatic carbocycles. The van der Waals surface area contributed by atoms with Crippen LogP contribution in [0.15, 0.2) is 53.0 Å². The number of carbonyl (C=O) groups excluding carboxylic acids is 1. The zero-order chi connectivity index (χ0) is 20.9. The Balaban J connectivity index is 1.49. The van der Waals surface area contributed by atoms with Crippen LogP contribution in [-0.2, 0) is 22.6 Å². The number of ether oxygens (including phenoxy) is 1. The fourth-order valence-electron chi connectivity index (χ4n) is 3.57. The lowest BCUT2D eigenvalue weighted by Crippen LogP contribution is -2.33. The maximum absolute atomic E-state index is 13.0. The van der Waals surface area contributed by atoms with Gasteiger partial charge in [-0.25, -0.2) is 0 Å². The van der Waals surface area contributed by atoms with Gasteiger partial charge in [0.25, 0.3) is 0 Å². The number of rotatable bonds is 8. The van der Waals surface area contributed by atoms with Gasteiger partial charge in [0, 0.05) is 20.2 Å². The molecule has 0 aliphatic carbocycles. The summed E-state index contributed by atoms with van der Waals surface area (Å²) in [6.07, 6.45) is 2.30. The Morgan fingerprint density at radius 2 is 2.13 bits per heavy atom. The first-order valence-electron chi connectivity index (χ1n) is 10.2. The molecule has 3 aromatic rings. The predicted molar refractivity (Wildman–Crippen MR) is 121 cm³/mol. The first kappa shape index (κ1) is 21.1. The number of hydrogen-bond acceptors (Lipinski definition) is 6. The van der Waals surface area contributed by atoms with Crippen molar-refractivity contribution in [3.05, 3.63) is 53.4 Å². The summed E-state index contributed by atoms with van der Waals surface area (Å²) in [4.78, 5) is 15.8. The molecule has 2 unspecified atom stereocenters. The summed E-state index contributed by atoms with van der Waals surface area (Å²) >= 11 is 3.11. The van der Waals surface area contributed by atoms with E-state index in [-0.39, 0.29) is 17.3 Å². The van der Waals surface area contributed by atoms with Gasteiger partial charge in [-0.2, -0.15) is 0 Å². The van der Waals surface area contributed by atoms with E-state index in [4.69, 9.17) is 4.74 Å². The molecule has 0 spiro atoms. The summed E-state index contributed by atoms with van der Waals surface area (Å²) in [5, 5.41) is 11.4. The van der Waals surface area contributed by atoms with Crippen molar-refractivity contribution in [3.8, 4) is 10.7 Å². The standard InChI is InChI=1S/C22H26N4O2S2/c1-16(21(27)25(2)14-17-8-4-3-5-9-17)30-22-24-23-20(19-11-7-13-29-19)26(22)15-18-10-6-12-28-18/h3-5,7-9,11,13,16,18H,6,10,12,14-15H2,1-2H3. The molecule has 6 nitrogen and oxygen atoms in total. The minimum Gasteiger partial charge on any atom is -0.376 e. The average molecular weight is 443 g/mol. The van der Waals surface area contributed by atoms with Gasteiger partial charge in [-0.05, 0) is 36.8 Å². The number of amides is 1. The molecule has 30 heavy (non-hydrogen) atoms. The maximum atomic E-state index is 13.0. The summed E-state index contributed by atoms with van der Waals surface area (Å²) in [7, 11) is 1.85. The van der Waals surface area contributed by atoms with Crippen molar-refractivity contribution in [2.24, 2.45) is 0 Å². The highest BCUT2D eigenvalue weighted by Gasteiger charge is 2.26. The monoisotopic (exact) mass is 442 g/mol. The van der Waals surface area contributed by atoms with Crippen LogP contribution in [0.25, 0.3) is 10.7 Å². The second-order valence-electron chi connectivity index (χ2n) is 7.47. The molecule has 0 radical (unpaired) electrons. The molecule has 0 N–H and O–H groups in total. The molecule has 2 atom stereocenters. The molecule has 0 saturated carbocycles. The van der Waals surface area contributed by atoms with Crippen molar-refractivity contribution < 1.29 is 9.53 Å². The zero-order valence-electron chi connectivity index (χ0n) is 17.2. The van der Waals surface area contributed by atoms with E-state index < -0.39 is 0 Å². The van der Waals surface area contributed by atoms with Gasteiger partial charge < -0.3 is 9.64 Å². The van der Waals surface area contributed by atoms with Crippen LogP contribution >= 0.6 is 23.1 Å². The summed E-state index contributed by atoms with van der Waals surface area (Å²) in [5.74, 6) is 0.925. The van der Waals surface area contributed by atoms with Crippen LogP contribution in [-0.4, -0.2) is 50.6 Å². The normalized spacial score (nSPS) is 17.2. The smallest absolute Gasteiger partial charge is 0.235 e. The van der Waals surface area contributed by atoms with Gasteiger partial charge >= 0.3 is 0 Å². The number of hydrogen-bond donors (Lipinski definition) is 0. The molecular formula is C22H26N4O2S2. The number of carbonyl (C=O) groups is 1. The molecular weight excluding hydrogens is 416 g/mol. The van der Waals surface area contributed by atoms with Crippen molar-refractivity contribution in [1.82, 2.24) is 19.7 Å². The first-order chi connectivity index (χ1) is 14.6. The SMILES string of the molecule is CC(Sc1nnc(-c2cccs2)n1CC1CCCO1)C(=O)N(C)Cc1ccccc1. The molecule has 2 aromatic heterocycles. The lowest BCUT2D eigenvalue weighted by molar-refractivity contribution is -0.129. The Hall–Kier alpha value is -2.16. The maximum Gasteiger partial charge on any atom is 0.235 e. The van der Waals surface area contributed by atoms with Crippen molar-refractivity contribution in [2.45, 2.75) is 49.4 Å². The van der Waals surface area contributed by atoms with Gasteiger partial charge in [0.05, 0.1) is 22.8 Å². The van der Waals surface area contributed by atoms with Crippen LogP contribution in [0.4, 0.5) is 0 Å². The molecule has 1 aliphatic rings. The Labute approximate surface area is 185 Å². The highest BCUT2D eigenvalue weighted by atomic mass is 32.2. The highest BCUT2D eigenvalue weighted by Crippen LogP contribution is 2.31. The molecule has 1 amide bonds. The van der Waals surface area contributed by atoms with Gasteiger partial charge in [0.2, 0.25) is 5.91 Å². The van der Waals surface area contributed by atoms with Crippen molar-refractivity contribution in [1.29, 1.82) is 0 Å². The van der Waals surface area contributed by atoms with Crippen molar-refractivity contribution >= 4 is 29.0 Å². The van der Waals surface area contributed by atoms with E-state index in [2.05, 4.69) is 20.8 Å². The fraction of sp³-hybridized carbons (Fsp3) is 0.409. The molecule has 1 aliphatic heterocycles. The van der Waals surface area contributed by atoms with Gasteiger partial charge in [0.15, 0.2) is 11.0 Å². The van der Waals surface area contributed by atoms with Gasteiger partial charge in [-0.1, -0.05) is 48.2 Å². The summed E-state index contributed by atoms with van der Waals surface area (Å²) < 4.78 is 7.97. The molecule has 0 bridgehead atoms. The van der Waals surface area contributed by atoms with E-state index in [0.29, 0.717) is 13.1 Å². The lowest BCUT2D eigenvalue weighted by Gasteiger charge is -2.21. The quantitative estimate of drug-likeness (QED) is 0.486. The second-order valence-corrected chi connectivity index (χ2v) is 9.72. The molecule has 8 heteroatoms. The number of thiophene rings is 1. The van der Waals surface area contributed by atoms with Gasteiger partial charge in [0.1, 0.15) is 0 Å². The minimum absolute atomic E-state index is 0.0770. The Morgan fingerprint density at radius 1 is 1.30 bits per heavy atom. The van der Waals surface area contributed by atoms with Crippen LogP contribution in [0.2, 0.25) is 0 Å². The third-order valence-corrected chi connectivity index (χ3v) is 7.07. The number of nitrogens with zero attached hydrogens (tertiary/aromatic N) is 4. The number of benzene rings is 1. The Morgan fingerprint density at radius 3 is 2.83 bits per heavy atom. The van der Waals surface area contributed by atoms with Gasteiger partial charge in [-0.15, -0.1) is 21.5 Å². The number of thioether (sulfide) groups is 1. The lowest BCUT2D eigenvalue weighted by atomic mass is 10.2. The zero-order valence-corrected chi connectivity index (χ0v) is 18.9. The predicted octanol–water partition coefficient (Wildman–Crippen LogP) is 4.32. The Bertz CT molecular complexity index is 953. The number of aromatic nitrogens is 3. The van der Waals surface area contributed by atoms with E-state index >= 15 is 0 Å². The average Bonchev–Trinajstić information content (AvgIpc) is 3.51. The summed E-state index contributed by atoms with van der Waals surface area (Å²) in [6.45, 7) is 4.05. The van der Waals surface area contributed by atoms with Crippen LogP contribution in [0.3, 0.4) is 0 Å². The third kappa shape index (κ3) is 4.94. The van der Waals surface area contributed by atoms with Crippen molar-refractivity contribution in [3.63, 3.8) is 0 Å².